The van der Waals surface area contributed by atoms with Gasteiger partial charge in [0.15, 0.2) is 0 Å². The molecule has 3 aliphatic rings. The second-order valence-corrected chi connectivity index (χ2v) is 16.9. The summed E-state index contributed by atoms with van der Waals surface area (Å²) in [5.41, 5.74) is 2.11. The van der Waals surface area contributed by atoms with Crippen molar-refractivity contribution in [3.8, 4) is 23.0 Å². The minimum Gasteiger partial charge on any atom is -0.497 e. The highest BCUT2D eigenvalue weighted by atomic mass is 35.5. The van der Waals surface area contributed by atoms with Crippen LogP contribution in [-0.2, 0) is 14.3 Å². The van der Waals surface area contributed by atoms with E-state index in [1.807, 2.05) is 33.8 Å². The molecule has 1 heterocycles. The Kier molecular flexibility index (Phi) is 17.2. The zero-order valence-corrected chi connectivity index (χ0v) is 37.2. The molecule has 2 aliphatic carbocycles. The number of oxime groups is 1. The smallest absolute Gasteiger partial charge is 0.417 e. The molecule has 0 aromatic heterocycles. The van der Waals surface area contributed by atoms with Gasteiger partial charge >= 0.3 is 12.2 Å². The third-order valence-corrected chi connectivity index (χ3v) is 11.5. The van der Waals surface area contributed by atoms with Crippen LogP contribution in [0.25, 0.3) is 0 Å². The van der Waals surface area contributed by atoms with Crippen molar-refractivity contribution in [2.75, 3.05) is 58.4 Å². The van der Waals surface area contributed by atoms with Crippen molar-refractivity contribution in [1.82, 2.24) is 4.90 Å². The molecular formula is C46H64ClN3O11. The number of fused-ring (bicyclic) bond motifs is 2. The summed E-state index contributed by atoms with van der Waals surface area (Å²) in [5, 5.41) is 27.4. The Morgan fingerprint density at radius 2 is 1.79 bits per heavy atom. The zero-order chi connectivity index (χ0) is 44.2. The monoisotopic (exact) mass is 869 g/mol. The van der Waals surface area contributed by atoms with E-state index in [1.165, 1.54) is 7.11 Å². The molecule has 5 rings (SSSR count). The fourth-order valence-electron chi connectivity index (χ4n) is 8.87. The van der Waals surface area contributed by atoms with Gasteiger partial charge in [0.1, 0.15) is 41.2 Å². The second-order valence-electron chi connectivity index (χ2n) is 16.6. The van der Waals surface area contributed by atoms with Crippen molar-refractivity contribution >= 4 is 35.2 Å². The molecule has 0 spiro atoms. The predicted octanol–water partition coefficient (Wildman–Crippen LogP) is 8.83. The van der Waals surface area contributed by atoms with Gasteiger partial charge in [0, 0.05) is 43.7 Å². The first-order chi connectivity index (χ1) is 29.4. The van der Waals surface area contributed by atoms with Gasteiger partial charge in [-0.15, -0.1) is 18.2 Å². The molecule has 6 unspecified atom stereocenters. The lowest BCUT2D eigenvalue weighted by atomic mass is 9.55. The average molecular weight is 870 g/mol. The van der Waals surface area contributed by atoms with E-state index in [1.54, 1.807) is 48.4 Å². The lowest BCUT2D eigenvalue weighted by Gasteiger charge is -2.60. The van der Waals surface area contributed by atoms with Gasteiger partial charge < -0.3 is 43.5 Å². The summed E-state index contributed by atoms with van der Waals surface area (Å²) in [7, 11) is 3.05. The number of methoxy groups -OCH3 is 2. The van der Waals surface area contributed by atoms with Crippen LogP contribution in [0.3, 0.4) is 0 Å². The van der Waals surface area contributed by atoms with Crippen LogP contribution < -0.4 is 24.3 Å². The number of amides is 2. The highest BCUT2D eigenvalue weighted by molar-refractivity contribution is 6.18. The van der Waals surface area contributed by atoms with E-state index in [2.05, 4.69) is 18.0 Å². The van der Waals surface area contributed by atoms with E-state index in [0.29, 0.717) is 54.5 Å². The Balaban J connectivity index is 1.73. The Bertz CT molecular complexity index is 1870. The van der Waals surface area contributed by atoms with Gasteiger partial charge in [-0.2, -0.15) is 0 Å². The Hall–Kier alpha value is -4.50. The van der Waals surface area contributed by atoms with Gasteiger partial charge in [-0.3, -0.25) is 10.2 Å². The maximum Gasteiger partial charge on any atom is 0.417 e. The summed E-state index contributed by atoms with van der Waals surface area (Å²) in [6.07, 6.45) is 7.79. The molecule has 2 aromatic rings. The quantitative estimate of drug-likeness (QED) is 0.0475. The SMILES string of the molecule is C=CCOC12Oc3ccc(OC(=O)Nc4ccc(OC)cc4OC)cc3C3C(CCCCO)C(CCCCO)C=C(C(=NOC(C)(C)C)CC1N(CCC)C(=O)OCCCl)C32. The van der Waals surface area contributed by atoms with Gasteiger partial charge in [-0.1, -0.05) is 37.1 Å². The van der Waals surface area contributed by atoms with Crippen LogP contribution in [0, 0.1) is 17.8 Å². The first-order valence-electron chi connectivity index (χ1n) is 21.3. The normalized spacial score (nSPS) is 23.4. The summed E-state index contributed by atoms with van der Waals surface area (Å²) >= 11 is 6.01. The maximum absolute atomic E-state index is 14.1. The minimum atomic E-state index is -1.47. The zero-order valence-electron chi connectivity index (χ0n) is 36.5. The van der Waals surface area contributed by atoms with Crippen molar-refractivity contribution in [2.45, 2.75) is 102 Å². The summed E-state index contributed by atoms with van der Waals surface area (Å²) < 4.78 is 36.7. The lowest BCUT2D eigenvalue weighted by molar-refractivity contribution is -0.255. The van der Waals surface area contributed by atoms with Crippen LogP contribution in [0.2, 0.25) is 0 Å². The van der Waals surface area contributed by atoms with Gasteiger partial charge in [0.05, 0.1) is 44.0 Å². The number of carbonyl (C=O) groups excluding carboxylic acids is 2. The number of ether oxygens (including phenoxy) is 6. The standard InChI is InChI=1S/C46H64ClN3O11/c1-8-21-50(44(54)57-25-20-47)40-29-37(49-61-45(3,4)5)34-26-30(14-10-12-22-51)33(15-11-13-23-52)41-35-27-32(17-19-38(35)60-46(40,42(34)41)58-24-9-2)59-43(53)48-36-18-16-31(55-6)28-39(36)56-7/h9,16-19,26-28,30,33,40-42,51-52H,2,8,10-15,20-25,29H2,1,3-7H3,(H,48,53). The van der Waals surface area contributed by atoms with Crippen molar-refractivity contribution in [1.29, 1.82) is 0 Å². The molecule has 2 amide bonds. The number of nitrogens with zero attached hydrogens (tertiary/aromatic N) is 2. The number of aliphatic hydroxyl groups is 2. The van der Waals surface area contributed by atoms with Gasteiger partial charge in [0.25, 0.3) is 0 Å². The summed E-state index contributed by atoms with van der Waals surface area (Å²) in [5.74, 6) is -0.488. The Morgan fingerprint density at radius 1 is 1.05 bits per heavy atom. The highest BCUT2D eigenvalue weighted by Crippen LogP contribution is 2.62. The molecule has 14 nitrogen and oxygen atoms in total. The molecular weight excluding hydrogens is 806 g/mol. The fraction of sp³-hybridized carbons (Fsp3) is 0.587. The van der Waals surface area contributed by atoms with Crippen LogP contribution in [-0.4, -0.2) is 104 Å². The number of allylic oxidation sites excluding steroid dienone is 1. The van der Waals surface area contributed by atoms with E-state index in [9.17, 15) is 19.8 Å². The molecule has 0 saturated heterocycles. The molecule has 336 valence electrons. The Morgan fingerprint density at radius 3 is 2.44 bits per heavy atom. The van der Waals surface area contributed by atoms with Crippen LogP contribution in [0.1, 0.15) is 90.5 Å². The van der Waals surface area contributed by atoms with Crippen LogP contribution >= 0.6 is 11.6 Å². The number of hydrogen-bond donors (Lipinski definition) is 3. The maximum atomic E-state index is 14.1. The first-order valence-corrected chi connectivity index (χ1v) is 21.9. The highest BCUT2D eigenvalue weighted by Gasteiger charge is 2.65. The summed E-state index contributed by atoms with van der Waals surface area (Å²) in [4.78, 5) is 35.5. The third kappa shape index (κ3) is 11.3. The summed E-state index contributed by atoms with van der Waals surface area (Å²) in [6, 6.07) is 9.59. The molecule has 2 aromatic carbocycles. The van der Waals surface area contributed by atoms with E-state index in [4.69, 9.17) is 50.0 Å². The number of nitrogens with one attached hydrogen (secondary N) is 1. The number of unbranched alkanes of at least 4 members (excludes halogenated alkanes) is 2. The van der Waals surface area contributed by atoms with Gasteiger partial charge in [0.2, 0.25) is 5.79 Å². The van der Waals surface area contributed by atoms with E-state index < -0.39 is 35.5 Å². The van der Waals surface area contributed by atoms with Crippen LogP contribution in [0.15, 0.2) is 65.9 Å². The molecule has 1 saturated carbocycles. The molecule has 6 atom stereocenters. The van der Waals surface area contributed by atoms with Crippen molar-refractivity contribution in [2.24, 2.45) is 22.9 Å². The molecule has 15 heteroatoms. The number of rotatable bonds is 21. The van der Waals surface area contributed by atoms with Gasteiger partial charge in [-0.05, 0) is 101 Å². The topological polar surface area (TPSA) is 167 Å². The average Bonchev–Trinajstić information content (AvgIpc) is 3.24. The van der Waals surface area contributed by atoms with Crippen LogP contribution in [0.4, 0.5) is 15.3 Å². The van der Waals surface area contributed by atoms with E-state index >= 15 is 0 Å². The van der Waals surface area contributed by atoms with E-state index in [-0.39, 0.29) is 62.2 Å². The number of benzene rings is 2. The molecule has 0 radical (unpaired) electrons. The largest absolute Gasteiger partial charge is 0.497 e. The number of halogens is 1. The minimum absolute atomic E-state index is 0.0109. The van der Waals surface area contributed by atoms with Gasteiger partial charge in [-0.25, -0.2) is 9.59 Å². The first kappa shape index (κ1) is 47.5. The second kappa shape index (κ2) is 22.0. The molecule has 1 fully saturated rings. The van der Waals surface area contributed by atoms with Crippen molar-refractivity contribution in [3.05, 3.63) is 66.3 Å². The number of alkyl halides is 1. The number of hydrogen-bond acceptors (Lipinski definition) is 12. The molecule has 0 bridgehead atoms. The third-order valence-electron chi connectivity index (χ3n) is 11.3. The molecule has 1 aliphatic heterocycles. The lowest BCUT2D eigenvalue weighted by Crippen LogP contribution is -2.70. The predicted molar refractivity (Wildman–Crippen MR) is 234 cm³/mol. The number of aliphatic hydroxyl groups excluding tert-OH is 2. The fourth-order valence-corrected chi connectivity index (χ4v) is 8.95. The number of anilines is 1. The van der Waals surface area contributed by atoms with Crippen molar-refractivity contribution < 1.29 is 53.1 Å². The van der Waals surface area contributed by atoms with Crippen LogP contribution in [0.5, 0.6) is 23.0 Å². The summed E-state index contributed by atoms with van der Waals surface area (Å²) in [6.45, 7) is 12.3. The molecule has 61 heavy (non-hydrogen) atoms. The van der Waals surface area contributed by atoms with Crippen molar-refractivity contribution in [3.63, 3.8) is 0 Å². The molecule has 3 N–H and O–H groups in total. The number of carbonyl (C=O) groups is 2. The van der Waals surface area contributed by atoms with E-state index in [0.717, 1.165) is 36.8 Å². The Labute approximate surface area is 365 Å².